The lowest BCUT2D eigenvalue weighted by atomic mass is 9.41. The largest absolute Gasteiger partial charge is 0.491 e. The molecule has 1 heterocycles. The van der Waals surface area contributed by atoms with Crippen molar-refractivity contribution in [2.75, 3.05) is 5.32 Å². The summed E-state index contributed by atoms with van der Waals surface area (Å²) in [5.41, 5.74) is 0.445. The molecule has 3 saturated carbocycles. The van der Waals surface area contributed by atoms with Crippen LogP contribution in [0.5, 0.6) is 0 Å². The first-order chi connectivity index (χ1) is 17.4. The van der Waals surface area contributed by atoms with Gasteiger partial charge in [0.25, 0.3) is 0 Å². The third-order valence-corrected chi connectivity index (χ3v) is 11.2. The van der Waals surface area contributed by atoms with Gasteiger partial charge in [-0.2, -0.15) is 0 Å². The lowest BCUT2D eigenvalue weighted by Crippen LogP contribution is -2.63. The number of anilines is 1. The number of carboxylic acids is 1. The Kier molecular flexibility index (Phi) is 6.40. The van der Waals surface area contributed by atoms with Crippen LogP contribution in [-0.4, -0.2) is 46.3 Å². The third kappa shape index (κ3) is 3.74. The summed E-state index contributed by atoms with van der Waals surface area (Å²) in [4.78, 5) is 26.7. The van der Waals surface area contributed by atoms with E-state index in [1.807, 2.05) is 19.1 Å². The number of nitrogens with one attached hydrogen (secondary N) is 1. The van der Waals surface area contributed by atoms with Gasteiger partial charge in [-0.15, -0.1) is 6.58 Å². The minimum Gasteiger partial charge on any atom is -0.480 e. The minimum atomic E-state index is -1.03. The lowest BCUT2D eigenvalue weighted by Gasteiger charge is -2.63. The van der Waals surface area contributed by atoms with Crippen molar-refractivity contribution >= 4 is 30.0 Å². The predicted molar refractivity (Wildman–Crippen MR) is 142 cm³/mol. The molecule has 200 valence electrons. The van der Waals surface area contributed by atoms with Crippen LogP contribution >= 0.6 is 0 Å². The van der Waals surface area contributed by atoms with Crippen LogP contribution in [-0.2, 0) is 20.9 Å². The molecule has 1 aromatic carbocycles. The monoisotopic (exact) mass is 509 g/mol. The summed E-state index contributed by atoms with van der Waals surface area (Å²) in [5.74, 6) is -1.51. The molecular formula is C29H40BNO6. The molecule has 4 aliphatic rings. The molecule has 7 nitrogen and oxygen atoms in total. The Morgan fingerprint density at radius 3 is 2.70 bits per heavy atom. The highest BCUT2D eigenvalue weighted by molar-refractivity contribution is 6.61. The van der Waals surface area contributed by atoms with E-state index in [4.69, 9.17) is 4.65 Å². The number of rotatable bonds is 5. The maximum absolute atomic E-state index is 13.7. The van der Waals surface area contributed by atoms with Crippen molar-refractivity contribution in [2.24, 2.45) is 39.9 Å². The van der Waals surface area contributed by atoms with Gasteiger partial charge in [-0.1, -0.05) is 39.8 Å². The molecular weight excluding hydrogens is 469 g/mol. The zero-order chi connectivity index (χ0) is 26.9. The zero-order valence-corrected chi connectivity index (χ0v) is 22.4. The number of Topliss-reactive ketones (excluding diaryl/α,β-unsaturated/α-hetero) is 1. The Labute approximate surface area is 219 Å². The van der Waals surface area contributed by atoms with Gasteiger partial charge < -0.3 is 25.2 Å². The van der Waals surface area contributed by atoms with Crippen molar-refractivity contribution in [1.82, 2.24) is 0 Å². The number of hydrogen-bond acceptors (Lipinski definition) is 6. The van der Waals surface area contributed by atoms with Gasteiger partial charge in [-0.3, -0.25) is 4.79 Å². The number of hydrogen-bond donors (Lipinski definition) is 4. The molecule has 0 radical (unpaired) electrons. The van der Waals surface area contributed by atoms with Crippen LogP contribution in [0.4, 0.5) is 5.69 Å². The van der Waals surface area contributed by atoms with E-state index in [0.717, 1.165) is 24.8 Å². The van der Waals surface area contributed by atoms with E-state index in [0.29, 0.717) is 30.6 Å². The quantitative estimate of drug-likeness (QED) is 0.355. The molecule has 1 aliphatic heterocycles. The third-order valence-electron chi connectivity index (χ3n) is 11.2. The molecule has 3 fully saturated rings. The molecule has 0 amide bonds. The molecule has 2 bridgehead atoms. The molecule has 1 aromatic rings. The molecule has 4 N–H and O–H groups in total. The first kappa shape index (κ1) is 26.5. The van der Waals surface area contributed by atoms with E-state index in [-0.39, 0.29) is 29.0 Å². The number of aliphatic hydroxyl groups is 1. The van der Waals surface area contributed by atoms with Gasteiger partial charge in [0.15, 0.2) is 0 Å². The Morgan fingerprint density at radius 2 is 2.03 bits per heavy atom. The minimum absolute atomic E-state index is 0.103. The number of ketones is 1. The molecule has 37 heavy (non-hydrogen) atoms. The normalized spacial score (nSPS) is 41.8. The Morgan fingerprint density at radius 1 is 1.30 bits per heavy atom. The SMILES string of the molecule is C=C[C@]1(C)C[C@@H](C(Nc2ccc3c(c2)B(O)OC3)C(=O)O)[C@]2(C)[C@@H]3C(=O)CC[C@@]3(CC[C@@H]2C)[C@@H](C)[C@@H]1O. The summed E-state index contributed by atoms with van der Waals surface area (Å²) < 4.78 is 5.32. The first-order valence-electron chi connectivity index (χ1n) is 13.6. The van der Waals surface area contributed by atoms with E-state index in [1.165, 1.54) is 0 Å². The number of carbonyl (C=O) groups excluding carboxylic acids is 1. The molecule has 0 saturated heterocycles. The lowest BCUT2D eigenvalue weighted by molar-refractivity contribution is -0.181. The van der Waals surface area contributed by atoms with Gasteiger partial charge in [0.1, 0.15) is 11.8 Å². The summed E-state index contributed by atoms with van der Waals surface area (Å²) in [6, 6.07) is 4.42. The fourth-order valence-corrected chi connectivity index (χ4v) is 8.78. The Bertz CT molecular complexity index is 1130. The Balaban J connectivity index is 1.65. The van der Waals surface area contributed by atoms with Gasteiger partial charge >= 0.3 is 13.1 Å². The van der Waals surface area contributed by atoms with Crippen molar-refractivity contribution in [3.63, 3.8) is 0 Å². The standard InChI is InChI=1S/C29H40BNO6/c1-6-27(4)14-20(23(26(34)35)31-19-8-7-18-15-37-30(36)21(18)13-19)28(5)16(2)9-11-29(17(3)25(27)33)12-10-22(32)24(28)29/h6-8,13,16-17,20,23-25,31,33,36H,1,9-12,14-15H2,2-5H3,(H,34,35)/t16-,17-,20-,23?,24-,25-,27+,28+,29-/m0/s1. The van der Waals surface area contributed by atoms with E-state index in [9.17, 15) is 24.8 Å². The highest BCUT2D eigenvalue weighted by Gasteiger charge is 2.68. The van der Waals surface area contributed by atoms with Crippen molar-refractivity contribution in [2.45, 2.75) is 78.6 Å². The smallest absolute Gasteiger partial charge is 0.480 e. The summed E-state index contributed by atoms with van der Waals surface area (Å²) in [7, 11) is -1.03. The number of aliphatic carboxylic acids is 1. The van der Waals surface area contributed by atoms with Crippen LogP contribution in [0.15, 0.2) is 30.9 Å². The summed E-state index contributed by atoms with van der Waals surface area (Å²) in [5, 5.41) is 35.9. The van der Waals surface area contributed by atoms with Gasteiger partial charge in [0.2, 0.25) is 0 Å². The molecule has 5 rings (SSSR count). The first-order valence-corrected chi connectivity index (χ1v) is 13.6. The van der Waals surface area contributed by atoms with E-state index in [2.05, 4.69) is 32.7 Å². The second-order valence-electron chi connectivity index (χ2n) is 12.7. The maximum atomic E-state index is 13.7. The number of fused-ring (bicyclic) bond motifs is 1. The highest BCUT2D eigenvalue weighted by atomic mass is 16.5. The summed E-state index contributed by atoms with van der Waals surface area (Å²) in [6.07, 6.45) is 4.43. The van der Waals surface area contributed by atoms with Crippen molar-refractivity contribution < 1.29 is 29.5 Å². The zero-order valence-electron chi connectivity index (χ0n) is 22.4. The summed E-state index contributed by atoms with van der Waals surface area (Å²) in [6.45, 7) is 12.8. The fraction of sp³-hybridized carbons (Fsp3) is 0.655. The van der Waals surface area contributed by atoms with Crippen LogP contribution in [0, 0.1) is 39.9 Å². The topological polar surface area (TPSA) is 116 Å². The molecule has 8 heteroatoms. The number of benzene rings is 1. The average molecular weight is 509 g/mol. The second kappa shape index (κ2) is 8.96. The molecule has 0 spiro atoms. The van der Waals surface area contributed by atoms with Crippen LogP contribution in [0.25, 0.3) is 0 Å². The molecule has 9 atom stereocenters. The molecule has 1 unspecified atom stereocenters. The van der Waals surface area contributed by atoms with Gasteiger partial charge in [0, 0.05) is 23.4 Å². The predicted octanol–water partition coefficient (Wildman–Crippen LogP) is 3.38. The van der Waals surface area contributed by atoms with Gasteiger partial charge in [0.05, 0.1) is 12.7 Å². The maximum Gasteiger partial charge on any atom is 0.491 e. The van der Waals surface area contributed by atoms with E-state index < -0.39 is 42.0 Å². The van der Waals surface area contributed by atoms with Crippen LogP contribution in [0.3, 0.4) is 0 Å². The van der Waals surface area contributed by atoms with Crippen molar-refractivity contribution in [1.29, 1.82) is 0 Å². The van der Waals surface area contributed by atoms with Crippen LogP contribution < -0.4 is 10.8 Å². The van der Waals surface area contributed by atoms with Crippen molar-refractivity contribution in [3.05, 3.63) is 36.4 Å². The summed E-state index contributed by atoms with van der Waals surface area (Å²) >= 11 is 0. The van der Waals surface area contributed by atoms with Gasteiger partial charge in [-0.25, -0.2) is 4.79 Å². The van der Waals surface area contributed by atoms with Crippen LogP contribution in [0.2, 0.25) is 0 Å². The fourth-order valence-electron chi connectivity index (χ4n) is 8.78. The number of carbonyl (C=O) groups is 2. The average Bonchev–Trinajstić information content (AvgIpc) is 3.42. The van der Waals surface area contributed by atoms with E-state index >= 15 is 0 Å². The highest BCUT2D eigenvalue weighted by Crippen LogP contribution is 2.69. The van der Waals surface area contributed by atoms with E-state index in [1.54, 1.807) is 12.1 Å². The Hall–Kier alpha value is -2.16. The molecule has 3 aliphatic carbocycles. The van der Waals surface area contributed by atoms with Crippen molar-refractivity contribution in [3.8, 4) is 0 Å². The number of aliphatic hydroxyl groups excluding tert-OH is 1. The van der Waals surface area contributed by atoms with Gasteiger partial charge in [-0.05, 0) is 77.4 Å². The second-order valence-corrected chi connectivity index (χ2v) is 12.7. The van der Waals surface area contributed by atoms with Crippen LogP contribution in [0.1, 0.15) is 65.4 Å². The number of carboxylic acid groups (broad SMARTS) is 1. The molecule has 0 aromatic heterocycles.